The van der Waals surface area contributed by atoms with Crippen molar-refractivity contribution >= 4 is 6.03 Å². The standard InChI is InChI=1S/C15H23N3O2/c1-11-9-12(2)17-14(19)13(11)10-16-15(20)18-7-5-3-4-6-8-18/h9H,3-8,10H2,1-2H3,(H,16,20)(H,17,19). The van der Waals surface area contributed by atoms with Crippen molar-refractivity contribution in [2.75, 3.05) is 13.1 Å². The molecule has 2 heterocycles. The molecular formula is C15H23N3O2. The van der Waals surface area contributed by atoms with E-state index in [1.807, 2.05) is 24.8 Å². The van der Waals surface area contributed by atoms with E-state index >= 15 is 0 Å². The Morgan fingerprint density at radius 1 is 1.25 bits per heavy atom. The maximum Gasteiger partial charge on any atom is 0.317 e. The van der Waals surface area contributed by atoms with Gasteiger partial charge in [-0.2, -0.15) is 0 Å². The minimum absolute atomic E-state index is 0.0636. The lowest BCUT2D eigenvalue weighted by Gasteiger charge is -2.21. The molecule has 5 heteroatoms. The van der Waals surface area contributed by atoms with Gasteiger partial charge in [0.25, 0.3) is 5.56 Å². The minimum Gasteiger partial charge on any atom is -0.334 e. The van der Waals surface area contributed by atoms with Crippen LogP contribution in [0.25, 0.3) is 0 Å². The summed E-state index contributed by atoms with van der Waals surface area (Å²) in [5.41, 5.74) is 2.29. The third-order valence-electron chi connectivity index (χ3n) is 3.80. The molecule has 1 aromatic heterocycles. The number of urea groups is 1. The van der Waals surface area contributed by atoms with Crippen LogP contribution in [0.1, 0.15) is 42.5 Å². The Kier molecular flexibility index (Phi) is 4.82. The lowest BCUT2D eigenvalue weighted by molar-refractivity contribution is 0.199. The number of rotatable bonds is 2. The van der Waals surface area contributed by atoms with Gasteiger partial charge in [0.05, 0.1) is 6.54 Å². The number of pyridine rings is 1. The van der Waals surface area contributed by atoms with E-state index in [-0.39, 0.29) is 18.1 Å². The Morgan fingerprint density at radius 2 is 1.90 bits per heavy atom. The number of carbonyl (C=O) groups is 1. The lowest BCUT2D eigenvalue weighted by Crippen LogP contribution is -2.41. The third-order valence-corrected chi connectivity index (χ3v) is 3.80. The quantitative estimate of drug-likeness (QED) is 0.869. The van der Waals surface area contributed by atoms with E-state index in [0.717, 1.165) is 37.2 Å². The van der Waals surface area contributed by atoms with Crippen molar-refractivity contribution in [3.05, 3.63) is 33.2 Å². The van der Waals surface area contributed by atoms with Crippen LogP contribution in [-0.4, -0.2) is 29.0 Å². The molecule has 0 aromatic carbocycles. The van der Waals surface area contributed by atoms with E-state index in [2.05, 4.69) is 10.3 Å². The van der Waals surface area contributed by atoms with Crippen LogP contribution in [-0.2, 0) is 6.54 Å². The number of likely N-dealkylation sites (tertiary alicyclic amines) is 1. The lowest BCUT2D eigenvalue weighted by atomic mass is 10.1. The van der Waals surface area contributed by atoms with E-state index in [1.54, 1.807) is 0 Å². The summed E-state index contributed by atoms with van der Waals surface area (Å²) in [5.74, 6) is 0. The molecule has 0 aliphatic carbocycles. The summed E-state index contributed by atoms with van der Waals surface area (Å²) < 4.78 is 0. The molecule has 0 unspecified atom stereocenters. The summed E-state index contributed by atoms with van der Waals surface area (Å²) in [6.07, 6.45) is 4.52. The number of aryl methyl sites for hydroxylation is 2. The number of amides is 2. The minimum atomic E-state index is -0.112. The molecule has 1 aromatic rings. The van der Waals surface area contributed by atoms with Gasteiger partial charge in [0, 0.05) is 24.3 Å². The van der Waals surface area contributed by atoms with Gasteiger partial charge in [0.2, 0.25) is 0 Å². The maximum atomic E-state index is 12.1. The fraction of sp³-hybridized carbons (Fsp3) is 0.600. The molecule has 0 bridgehead atoms. The van der Waals surface area contributed by atoms with Crippen LogP contribution in [0.2, 0.25) is 0 Å². The zero-order valence-corrected chi connectivity index (χ0v) is 12.3. The molecule has 0 saturated carbocycles. The van der Waals surface area contributed by atoms with E-state index in [4.69, 9.17) is 0 Å². The molecule has 5 nitrogen and oxygen atoms in total. The predicted octanol–water partition coefficient (Wildman–Crippen LogP) is 2.08. The molecule has 110 valence electrons. The van der Waals surface area contributed by atoms with Gasteiger partial charge in [-0.05, 0) is 38.3 Å². The molecule has 1 fully saturated rings. The average Bonchev–Trinajstić information content (AvgIpc) is 2.66. The summed E-state index contributed by atoms with van der Waals surface area (Å²) in [7, 11) is 0. The number of aromatic amines is 1. The van der Waals surface area contributed by atoms with Gasteiger partial charge >= 0.3 is 6.03 Å². The number of hydrogen-bond acceptors (Lipinski definition) is 2. The molecule has 0 spiro atoms. The fourth-order valence-corrected chi connectivity index (χ4v) is 2.65. The van der Waals surface area contributed by atoms with Crippen LogP contribution in [0.5, 0.6) is 0 Å². The Balaban J connectivity index is 1.98. The molecule has 1 aliphatic rings. The van der Waals surface area contributed by atoms with Crippen LogP contribution >= 0.6 is 0 Å². The molecular weight excluding hydrogens is 254 g/mol. The van der Waals surface area contributed by atoms with Crippen LogP contribution in [0.15, 0.2) is 10.9 Å². The first kappa shape index (κ1) is 14.6. The SMILES string of the molecule is Cc1cc(C)c(CNC(=O)N2CCCCCC2)c(=O)[nH]1. The third kappa shape index (κ3) is 3.62. The molecule has 2 amide bonds. The van der Waals surface area contributed by atoms with E-state index in [1.165, 1.54) is 12.8 Å². The number of carbonyl (C=O) groups excluding carboxylic acids is 1. The average molecular weight is 277 g/mol. The zero-order valence-electron chi connectivity index (χ0n) is 12.3. The summed E-state index contributed by atoms with van der Waals surface area (Å²) in [6, 6.07) is 1.86. The molecule has 2 rings (SSSR count). The van der Waals surface area contributed by atoms with Crippen molar-refractivity contribution in [1.29, 1.82) is 0 Å². The second-order valence-electron chi connectivity index (χ2n) is 5.50. The Hall–Kier alpha value is -1.78. The largest absolute Gasteiger partial charge is 0.334 e. The summed E-state index contributed by atoms with van der Waals surface area (Å²) in [6.45, 7) is 5.67. The van der Waals surface area contributed by atoms with Crippen LogP contribution < -0.4 is 10.9 Å². The highest BCUT2D eigenvalue weighted by molar-refractivity contribution is 5.74. The van der Waals surface area contributed by atoms with Gasteiger partial charge in [-0.25, -0.2) is 4.79 Å². The van der Waals surface area contributed by atoms with Gasteiger partial charge in [-0.15, -0.1) is 0 Å². The molecule has 20 heavy (non-hydrogen) atoms. The Bertz CT molecular complexity index is 528. The topological polar surface area (TPSA) is 65.2 Å². The molecule has 1 aliphatic heterocycles. The Morgan fingerprint density at radius 3 is 2.50 bits per heavy atom. The summed E-state index contributed by atoms with van der Waals surface area (Å²) in [4.78, 5) is 28.6. The zero-order chi connectivity index (χ0) is 14.5. The highest BCUT2D eigenvalue weighted by Crippen LogP contribution is 2.10. The molecule has 0 radical (unpaired) electrons. The Labute approximate surface area is 119 Å². The van der Waals surface area contributed by atoms with Crippen molar-refractivity contribution in [2.24, 2.45) is 0 Å². The normalized spacial score (nSPS) is 15.8. The summed E-state index contributed by atoms with van der Waals surface area (Å²) >= 11 is 0. The summed E-state index contributed by atoms with van der Waals surface area (Å²) in [5, 5.41) is 2.86. The first-order chi connectivity index (χ1) is 9.58. The highest BCUT2D eigenvalue weighted by atomic mass is 16.2. The predicted molar refractivity (Wildman–Crippen MR) is 78.8 cm³/mol. The maximum absolute atomic E-state index is 12.1. The van der Waals surface area contributed by atoms with Crippen molar-refractivity contribution in [1.82, 2.24) is 15.2 Å². The first-order valence-corrected chi connectivity index (χ1v) is 7.30. The van der Waals surface area contributed by atoms with Crippen LogP contribution in [0.3, 0.4) is 0 Å². The highest BCUT2D eigenvalue weighted by Gasteiger charge is 2.15. The smallest absolute Gasteiger partial charge is 0.317 e. The van der Waals surface area contributed by atoms with Crippen molar-refractivity contribution in [3.8, 4) is 0 Å². The first-order valence-electron chi connectivity index (χ1n) is 7.30. The van der Waals surface area contributed by atoms with Crippen LogP contribution in [0, 0.1) is 13.8 Å². The molecule has 2 N–H and O–H groups in total. The van der Waals surface area contributed by atoms with E-state index < -0.39 is 0 Å². The van der Waals surface area contributed by atoms with Gasteiger partial charge in [0.1, 0.15) is 0 Å². The number of nitrogens with one attached hydrogen (secondary N) is 2. The number of aromatic nitrogens is 1. The monoisotopic (exact) mass is 277 g/mol. The second kappa shape index (κ2) is 6.59. The van der Waals surface area contributed by atoms with Gasteiger partial charge in [0.15, 0.2) is 0 Å². The van der Waals surface area contributed by atoms with Gasteiger partial charge in [-0.3, -0.25) is 4.79 Å². The number of H-pyrrole nitrogens is 1. The number of hydrogen-bond donors (Lipinski definition) is 2. The fourth-order valence-electron chi connectivity index (χ4n) is 2.65. The molecule has 0 atom stereocenters. The van der Waals surface area contributed by atoms with E-state index in [0.29, 0.717) is 5.56 Å². The van der Waals surface area contributed by atoms with Crippen LogP contribution in [0.4, 0.5) is 4.79 Å². The van der Waals surface area contributed by atoms with E-state index in [9.17, 15) is 9.59 Å². The van der Waals surface area contributed by atoms with Gasteiger partial charge in [-0.1, -0.05) is 12.8 Å². The molecule has 1 saturated heterocycles. The van der Waals surface area contributed by atoms with Crippen molar-refractivity contribution in [2.45, 2.75) is 46.1 Å². The second-order valence-corrected chi connectivity index (χ2v) is 5.50. The van der Waals surface area contributed by atoms with Crippen molar-refractivity contribution in [3.63, 3.8) is 0 Å². The van der Waals surface area contributed by atoms with Gasteiger partial charge < -0.3 is 15.2 Å². The number of nitrogens with zero attached hydrogens (tertiary/aromatic N) is 1. The van der Waals surface area contributed by atoms with Crippen molar-refractivity contribution < 1.29 is 4.79 Å².